The van der Waals surface area contributed by atoms with Crippen LogP contribution in [0.1, 0.15) is 51.9 Å². The predicted molar refractivity (Wildman–Crippen MR) is 58.2 cm³/mol. The normalized spacial score (nSPS) is 44.1. The Labute approximate surface area is 87.1 Å². The lowest BCUT2D eigenvalue weighted by Crippen LogP contribution is -2.51. The molecule has 0 aromatic heterocycles. The van der Waals surface area contributed by atoms with E-state index in [0.717, 1.165) is 25.3 Å². The van der Waals surface area contributed by atoms with Gasteiger partial charge < -0.3 is 10.4 Å². The Hall–Kier alpha value is -0.0800. The molecule has 14 heavy (non-hydrogen) atoms. The van der Waals surface area contributed by atoms with Crippen molar-refractivity contribution in [2.24, 2.45) is 5.92 Å². The second-order valence-corrected chi connectivity index (χ2v) is 5.12. The van der Waals surface area contributed by atoms with E-state index < -0.39 is 0 Å². The van der Waals surface area contributed by atoms with Crippen molar-refractivity contribution in [2.45, 2.75) is 63.5 Å². The molecule has 0 spiro atoms. The van der Waals surface area contributed by atoms with Gasteiger partial charge in [-0.1, -0.05) is 19.8 Å². The monoisotopic (exact) mass is 197 g/mol. The molecule has 1 aliphatic carbocycles. The van der Waals surface area contributed by atoms with E-state index in [4.69, 9.17) is 0 Å². The zero-order chi connectivity index (χ0) is 10.0. The van der Waals surface area contributed by atoms with Crippen molar-refractivity contribution < 1.29 is 5.11 Å². The van der Waals surface area contributed by atoms with E-state index in [0.29, 0.717) is 6.04 Å². The van der Waals surface area contributed by atoms with Gasteiger partial charge in [-0.05, 0) is 44.6 Å². The molecule has 1 aliphatic heterocycles. The molecule has 82 valence electrons. The Balaban J connectivity index is 1.94. The van der Waals surface area contributed by atoms with Crippen LogP contribution >= 0.6 is 0 Å². The van der Waals surface area contributed by atoms with Gasteiger partial charge in [0.05, 0.1) is 5.60 Å². The minimum atomic E-state index is -0.374. The smallest absolute Gasteiger partial charge is 0.0802 e. The summed E-state index contributed by atoms with van der Waals surface area (Å²) in [6.45, 7) is 3.34. The van der Waals surface area contributed by atoms with Crippen molar-refractivity contribution >= 4 is 0 Å². The quantitative estimate of drug-likeness (QED) is 0.710. The largest absolute Gasteiger partial charge is 0.388 e. The first kappa shape index (κ1) is 10.4. The highest BCUT2D eigenvalue weighted by Crippen LogP contribution is 2.40. The van der Waals surface area contributed by atoms with Crippen LogP contribution in [0.5, 0.6) is 0 Å². The number of aliphatic hydroxyl groups is 1. The van der Waals surface area contributed by atoms with E-state index in [1.165, 1.54) is 32.1 Å². The zero-order valence-corrected chi connectivity index (χ0v) is 9.26. The van der Waals surface area contributed by atoms with Crippen LogP contribution in [0.2, 0.25) is 0 Å². The molecule has 2 fully saturated rings. The first-order chi connectivity index (χ1) is 6.74. The summed E-state index contributed by atoms with van der Waals surface area (Å²) in [7, 11) is 0. The zero-order valence-electron chi connectivity index (χ0n) is 9.26. The van der Waals surface area contributed by atoms with Gasteiger partial charge in [-0.15, -0.1) is 0 Å². The van der Waals surface area contributed by atoms with E-state index in [1.807, 2.05) is 0 Å². The van der Waals surface area contributed by atoms with Crippen molar-refractivity contribution in [2.75, 3.05) is 6.54 Å². The fourth-order valence-corrected chi connectivity index (χ4v) is 3.13. The van der Waals surface area contributed by atoms with Crippen molar-refractivity contribution in [3.8, 4) is 0 Å². The number of rotatable bonds is 2. The number of nitrogens with one attached hydrogen (secondary N) is 1. The fraction of sp³-hybridized carbons (Fsp3) is 1.00. The average molecular weight is 197 g/mol. The Kier molecular flexibility index (Phi) is 3.13. The van der Waals surface area contributed by atoms with E-state index in [1.54, 1.807) is 0 Å². The molecule has 3 unspecified atom stereocenters. The Morgan fingerprint density at radius 3 is 2.79 bits per heavy atom. The van der Waals surface area contributed by atoms with E-state index in [2.05, 4.69) is 12.2 Å². The summed E-state index contributed by atoms with van der Waals surface area (Å²) in [6, 6.07) is 0.382. The van der Waals surface area contributed by atoms with Crippen LogP contribution in [0, 0.1) is 5.92 Å². The summed E-state index contributed by atoms with van der Waals surface area (Å²) in [5.74, 6) is 0.767. The molecule has 2 N–H and O–H groups in total. The molecule has 0 bridgehead atoms. The van der Waals surface area contributed by atoms with Crippen molar-refractivity contribution in [3.63, 3.8) is 0 Å². The summed E-state index contributed by atoms with van der Waals surface area (Å²) in [5.41, 5.74) is -0.374. The first-order valence-electron chi connectivity index (χ1n) is 6.20. The molecule has 3 atom stereocenters. The Morgan fingerprint density at radius 1 is 1.36 bits per heavy atom. The molecule has 2 aliphatic rings. The number of piperidine rings is 1. The molecule has 2 nitrogen and oxygen atoms in total. The van der Waals surface area contributed by atoms with Crippen LogP contribution in [-0.2, 0) is 0 Å². The van der Waals surface area contributed by atoms with Crippen LogP contribution in [-0.4, -0.2) is 23.3 Å². The number of hydrogen-bond acceptors (Lipinski definition) is 2. The standard InChI is InChI=1S/C12H23NO/c1-2-10-6-7-12(14,9-10)11-5-3-4-8-13-11/h10-11,13-14H,2-9H2,1H3. The summed E-state index contributed by atoms with van der Waals surface area (Å²) < 4.78 is 0. The van der Waals surface area contributed by atoms with Crippen LogP contribution in [0.3, 0.4) is 0 Å². The third kappa shape index (κ3) is 1.96. The Morgan fingerprint density at radius 2 is 2.21 bits per heavy atom. The highest BCUT2D eigenvalue weighted by atomic mass is 16.3. The lowest BCUT2D eigenvalue weighted by Gasteiger charge is -2.36. The summed E-state index contributed by atoms with van der Waals surface area (Å²) in [4.78, 5) is 0. The van der Waals surface area contributed by atoms with Crippen molar-refractivity contribution in [1.82, 2.24) is 5.32 Å². The average Bonchev–Trinajstić information content (AvgIpc) is 2.63. The van der Waals surface area contributed by atoms with Gasteiger partial charge in [-0.3, -0.25) is 0 Å². The van der Waals surface area contributed by atoms with E-state index in [9.17, 15) is 5.11 Å². The number of hydrogen-bond donors (Lipinski definition) is 2. The van der Waals surface area contributed by atoms with E-state index >= 15 is 0 Å². The predicted octanol–water partition coefficient (Wildman–Crippen LogP) is 2.07. The molecule has 2 heteroatoms. The summed E-state index contributed by atoms with van der Waals surface area (Å²) in [5, 5.41) is 14.1. The van der Waals surface area contributed by atoms with Gasteiger partial charge in [-0.2, -0.15) is 0 Å². The van der Waals surface area contributed by atoms with Gasteiger partial charge in [-0.25, -0.2) is 0 Å². The van der Waals surface area contributed by atoms with Gasteiger partial charge in [0, 0.05) is 6.04 Å². The summed E-state index contributed by atoms with van der Waals surface area (Å²) >= 11 is 0. The molecular weight excluding hydrogens is 174 g/mol. The maximum absolute atomic E-state index is 10.6. The molecule has 0 radical (unpaired) electrons. The third-order valence-corrected chi connectivity index (χ3v) is 4.16. The third-order valence-electron chi connectivity index (χ3n) is 4.16. The SMILES string of the molecule is CCC1CCC(O)(C2CCCCN2)C1. The second-order valence-electron chi connectivity index (χ2n) is 5.12. The topological polar surface area (TPSA) is 32.3 Å². The Bertz CT molecular complexity index is 189. The van der Waals surface area contributed by atoms with Gasteiger partial charge >= 0.3 is 0 Å². The van der Waals surface area contributed by atoms with Gasteiger partial charge in [0.25, 0.3) is 0 Å². The van der Waals surface area contributed by atoms with Crippen LogP contribution < -0.4 is 5.32 Å². The van der Waals surface area contributed by atoms with Gasteiger partial charge in [0.1, 0.15) is 0 Å². The van der Waals surface area contributed by atoms with E-state index in [-0.39, 0.29) is 5.60 Å². The lowest BCUT2D eigenvalue weighted by molar-refractivity contribution is -0.00442. The molecule has 0 aromatic carbocycles. The van der Waals surface area contributed by atoms with Crippen LogP contribution in [0.15, 0.2) is 0 Å². The fourth-order valence-electron chi connectivity index (χ4n) is 3.13. The highest BCUT2D eigenvalue weighted by molar-refractivity contribution is 4.98. The van der Waals surface area contributed by atoms with Gasteiger partial charge in [0.2, 0.25) is 0 Å². The second kappa shape index (κ2) is 4.19. The molecular formula is C12H23NO. The van der Waals surface area contributed by atoms with Crippen molar-refractivity contribution in [3.05, 3.63) is 0 Å². The molecule has 2 rings (SSSR count). The summed E-state index contributed by atoms with van der Waals surface area (Å²) in [6.07, 6.45) is 8.25. The minimum absolute atomic E-state index is 0.374. The van der Waals surface area contributed by atoms with Crippen molar-refractivity contribution in [1.29, 1.82) is 0 Å². The van der Waals surface area contributed by atoms with Gasteiger partial charge in [0.15, 0.2) is 0 Å². The minimum Gasteiger partial charge on any atom is -0.388 e. The maximum atomic E-state index is 10.6. The maximum Gasteiger partial charge on any atom is 0.0802 e. The highest BCUT2D eigenvalue weighted by Gasteiger charge is 2.42. The van der Waals surface area contributed by atoms with Crippen LogP contribution in [0.25, 0.3) is 0 Å². The molecule has 1 saturated carbocycles. The lowest BCUT2D eigenvalue weighted by atomic mass is 9.85. The molecule has 1 saturated heterocycles. The first-order valence-corrected chi connectivity index (χ1v) is 6.20. The molecule has 0 amide bonds. The molecule has 0 aromatic rings. The molecule has 1 heterocycles. The van der Waals surface area contributed by atoms with Crippen LogP contribution in [0.4, 0.5) is 0 Å².